The van der Waals surface area contributed by atoms with Crippen molar-refractivity contribution in [2.75, 3.05) is 11.1 Å². The molecule has 3 aromatic rings. The van der Waals surface area contributed by atoms with E-state index in [0.717, 1.165) is 11.4 Å². The van der Waals surface area contributed by atoms with Crippen LogP contribution in [0.1, 0.15) is 17.0 Å². The topological polar surface area (TPSA) is 83.6 Å². The Hall–Kier alpha value is -3.11. The number of nitrogens with zero attached hydrogens (tertiary/aromatic N) is 4. The van der Waals surface area contributed by atoms with Crippen LogP contribution in [0.15, 0.2) is 59.8 Å². The summed E-state index contributed by atoms with van der Waals surface area (Å²) in [5.74, 6) is 0.909. The molecule has 0 saturated heterocycles. The predicted octanol–water partition coefficient (Wildman–Crippen LogP) is 3.01. The maximum atomic E-state index is 12.1. The number of anilines is 1. The van der Waals surface area contributed by atoms with Crippen LogP contribution in [0, 0.1) is 11.3 Å². The Kier molecular flexibility index (Phi) is 5.66. The number of hydrogen-bond donors (Lipinski definition) is 1. The second-order valence-electron chi connectivity index (χ2n) is 5.65. The van der Waals surface area contributed by atoms with Crippen LogP contribution in [0.2, 0.25) is 0 Å². The van der Waals surface area contributed by atoms with Gasteiger partial charge >= 0.3 is 0 Å². The third-order valence-electron chi connectivity index (χ3n) is 3.74. The largest absolute Gasteiger partial charge is 0.325 e. The van der Waals surface area contributed by atoms with Crippen LogP contribution < -0.4 is 5.32 Å². The van der Waals surface area contributed by atoms with Crippen molar-refractivity contribution in [3.8, 4) is 6.07 Å². The number of thioether (sulfide) groups is 1. The summed E-state index contributed by atoms with van der Waals surface area (Å²) in [6.45, 7) is 0. The van der Waals surface area contributed by atoms with Crippen molar-refractivity contribution in [2.24, 2.45) is 7.05 Å². The maximum Gasteiger partial charge on any atom is 0.234 e. The molecule has 1 N–H and O–H groups in total. The summed E-state index contributed by atoms with van der Waals surface area (Å²) in [4.78, 5) is 12.1. The second-order valence-corrected chi connectivity index (χ2v) is 6.59. The van der Waals surface area contributed by atoms with E-state index in [2.05, 4.69) is 21.6 Å². The number of aromatic nitrogens is 3. The zero-order chi connectivity index (χ0) is 18.4. The van der Waals surface area contributed by atoms with Crippen molar-refractivity contribution >= 4 is 23.4 Å². The highest BCUT2D eigenvalue weighted by molar-refractivity contribution is 7.99. The van der Waals surface area contributed by atoms with Gasteiger partial charge in [-0.25, -0.2) is 0 Å². The number of nitriles is 1. The number of benzene rings is 2. The quantitative estimate of drug-likeness (QED) is 0.681. The number of hydrogen-bond acceptors (Lipinski definition) is 5. The molecule has 7 heteroatoms. The molecule has 0 aliphatic heterocycles. The van der Waals surface area contributed by atoms with Gasteiger partial charge in [-0.2, -0.15) is 5.26 Å². The number of nitrogens with one attached hydrogen (secondary N) is 1. The van der Waals surface area contributed by atoms with Crippen molar-refractivity contribution in [3.05, 3.63) is 71.5 Å². The Labute approximate surface area is 155 Å². The van der Waals surface area contributed by atoms with Crippen LogP contribution in [0.3, 0.4) is 0 Å². The van der Waals surface area contributed by atoms with Gasteiger partial charge in [0.2, 0.25) is 5.91 Å². The molecule has 0 aliphatic rings. The summed E-state index contributed by atoms with van der Waals surface area (Å²) < 4.78 is 1.90. The number of carbonyl (C=O) groups excluding carboxylic acids is 1. The van der Waals surface area contributed by atoms with Crippen molar-refractivity contribution in [2.45, 2.75) is 11.6 Å². The summed E-state index contributed by atoms with van der Waals surface area (Å²) in [5.41, 5.74) is 2.28. The molecule has 0 fully saturated rings. The molecule has 130 valence electrons. The fraction of sp³-hybridized carbons (Fsp3) is 0.158. The van der Waals surface area contributed by atoms with E-state index in [4.69, 9.17) is 5.26 Å². The summed E-state index contributed by atoms with van der Waals surface area (Å²) >= 11 is 1.33. The Bertz CT molecular complexity index is 946. The van der Waals surface area contributed by atoms with Gasteiger partial charge in [0.1, 0.15) is 5.82 Å². The summed E-state index contributed by atoms with van der Waals surface area (Å²) in [6.07, 6.45) is 0.693. The highest BCUT2D eigenvalue weighted by Crippen LogP contribution is 2.18. The van der Waals surface area contributed by atoms with Crippen LogP contribution >= 0.6 is 11.8 Å². The van der Waals surface area contributed by atoms with E-state index in [1.54, 1.807) is 24.3 Å². The maximum absolute atomic E-state index is 12.1. The fourth-order valence-electron chi connectivity index (χ4n) is 2.40. The lowest BCUT2D eigenvalue weighted by molar-refractivity contribution is -0.113. The molecule has 26 heavy (non-hydrogen) atoms. The van der Waals surface area contributed by atoms with E-state index >= 15 is 0 Å². The molecule has 6 nitrogen and oxygen atoms in total. The third kappa shape index (κ3) is 4.49. The number of carbonyl (C=O) groups is 1. The lowest BCUT2D eigenvalue weighted by Gasteiger charge is -2.06. The zero-order valence-electron chi connectivity index (χ0n) is 14.2. The first-order valence-electron chi connectivity index (χ1n) is 8.00. The molecule has 0 bridgehead atoms. The molecule has 1 amide bonds. The van der Waals surface area contributed by atoms with Gasteiger partial charge in [-0.15, -0.1) is 10.2 Å². The summed E-state index contributed by atoms with van der Waals surface area (Å²) in [5, 5.41) is 20.8. The summed E-state index contributed by atoms with van der Waals surface area (Å²) in [7, 11) is 1.90. The van der Waals surface area contributed by atoms with E-state index in [0.29, 0.717) is 22.8 Å². The molecule has 2 aromatic carbocycles. The Morgan fingerprint density at radius 3 is 2.77 bits per heavy atom. The standard InChI is InChI=1S/C19H17N5OS/c1-24-17(11-14-6-3-2-4-7-14)22-23-19(24)26-13-18(25)21-16-9-5-8-15(10-16)12-20/h2-10H,11,13H2,1H3,(H,21,25). The van der Waals surface area contributed by atoms with Gasteiger partial charge in [-0.3, -0.25) is 4.79 Å². The minimum absolute atomic E-state index is 0.155. The SMILES string of the molecule is Cn1c(Cc2ccccc2)nnc1SCC(=O)Nc1cccc(C#N)c1. The van der Waals surface area contributed by atoms with E-state index in [1.807, 2.05) is 41.9 Å². The lowest BCUT2D eigenvalue weighted by Crippen LogP contribution is -2.14. The van der Waals surface area contributed by atoms with Crippen LogP contribution in [0.25, 0.3) is 0 Å². The van der Waals surface area contributed by atoms with Crippen LogP contribution in [0.5, 0.6) is 0 Å². The van der Waals surface area contributed by atoms with Gasteiger partial charge in [0.25, 0.3) is 0 Å². The minimum atomic E-state index is -0.155. The smallest absolute Gasteiger partial charge is 0.234 e. The van der Waals surface area contributed by atoms with Crippen LogP contribution in [-0.2, 0) is 18.3 Å². The van der Waals surface area contributed by atoms with E-state index in [-0.39, 0.29) is 11.7 Å². The van der Waals surface area contributed by atoms with Crippen LogP contribution in [0.4, 0.5) is 5.69 Å². The fourth-order valence-corrected chi connectivity index (χ4v) is 3.13. The molecule has 0 saturated carbocycles. The molecule has 0 atom stereocenters. The molecule has 0 aliphatic carbocycles. The van der Waals surface area contributed by atoms with Gasteiger partial charge in [-0.1, -0.05) is 48.2 Å². The average Bonchev–Trinajstić information content (AvgIpc) is 3.01. The monoisotopic (exact) mass is 363 g/mol. The molecular formula is C19H17N5OS. The van der Waals surface area contributed by atoms with Gasteiger partial charge in [0.15, 0.2) is 5.16 Å². The molecular weight excluding hydrogens is 346 g/mol. The zero-order valence-corrected chi connectivity index (χ0v) is 15.0. The van der Waals surface area contributed by atoms with Gasteiger partial charge in [0, 0.05) is 19.2 Å². The van der Waals surface area contributed by atoms with Crippen molar-refractivity contribution in [3.63, 3.8) is 0 Å². The lowest BCUT2D eigenvalue weighted by atomic mass is 10.1. The first-order valence-corrected chi connectivity index (χ1v) is 8.99. The van der Waals surface area contributed by atoms with Crippen molar-refractivity contribution < 1.29 is 4.79 Å². The van der Waals surface area contributed by atoms with Gasteiger partial charge in [0.05, 0.1) is 17.4 Å². The molecule has 1 aromatic heterocycles. The minimum Gasteiger partial charge on any atom is -0.325 e. The Morgan fingerprint density at radius 1 is 1.19 bits per heavy atom. The first-order chi connectivity index (χ1) is 12.7. The van der Waals surface area contributed by atoms with Gasteiger partial charge < -0.3 is 9.88 Å². The highest BCUT2D eigenvalue weighted by atomic mass is 32.2. The van der Waals surface area contributed by atoms with Crippen molar-refractivity contribution in [1.82, 2.24) is 14.8 Å². The number of rotatable bonds is 6. The third-order valence-corrected chi connectivity index (χ3v) is 4.76. The Balaban J connectivity index is 1.58. The second kappa shape index (κ2) is 8.32. The number of amides is 1. The average molecular weight is 363 g/mol. The molecule has 1 heterocycles. The molecule has 3 rings (SSSR count). The highest BCUT2D eigenvalue weighted by Gasteiger charge is 2.12. The van der Waals surface area contributed by atoms with Crippen molar-refractivity contribution in [1.29, 1.82) is 5.26 Å². The van der Waals surface area contributed by atoms with E-state index in [9.17, 15) is 4.79 Å². The summed E-state index contributed by atoms with van der Waals surface area (Å²) in [6, 6.07) is 18.9. The van der Waals surface area contributed by atoms with E-state index in [1.165, 1.54) is 11.8 Å². The molecule has 0 unspecified atom stereocenters. The molecule has 0 radical (unpaired) electrons. The Morgan fingerprint density at radius 2 is 2.00 bits per heavy atom. The predicted molar refractivity (Wildman–Crippen MR) is 101 cm³/mol. The van der Waals surface area contributed by atoms with Crippen LogP contribution in [-0.4, -0.2) is 26.4 Å². The van der Waals surface area contributed by atoms with Gasteiger partial charge in [-0.05, 0) is 23.8 Å². The normalized spacial score (nSPS) is 10.3. The first kappa shape index (κ1) is 17.7. The van der Waals surface area contributed by atoms with E-state index < -0.39 is 0 Å². The molecule has 0 spiro atoms.